The first-order valence-electron chi connectivity index (χ1n) is 18.8. The summed E-state index contributed by atoms with van der Waals surface area (Å²) < 4.78 is 68.5. The molecule has 0 atom stereocenters. The summed E-state index contributed by atoms with van der Waals surface area (Å²) in [6.07, 6.45) is 12.7. The summed E-state index contributed by atoms with van der Waals surface area (Å²) in [5, 5.41) is 20.5. The predicted molar refractivity (Wildman–Crippen MR) is 218 cm³/mol. The van der Waals surface area contributed by atoms with Gasteiger partial charge in [-0.15, -0.1) is 4.73 Å². The second-order valence-corrected chi connectivity index (χ2v) is 18.2. The van der Waals surface area contributed by atoms with Gasteiger partial charge in [-0.2, -0.15) is 16.8 Å². The van der Waals surface area contributed by atoms with Crippen molar-refractivity contribution in [1.29, 1.82) is 0 Å². The number of hydroxylamine groups is 2. The highest BCUT2D eigenvalue weighted by Crippen LogP contribution is 2.48. The normalized spacial score (nSPS) is 16.5. The molecule has 0 aliphatic carbocycles. The molecule has 0 unspecified atom stereocenters. The van der Waals surface area contributed by atoms with Crippen molar-refractivity contribution in [3.05, 3.63) is 95.4 Å². The molecule has 5 rings (SSSR count). The molecule has 318 valence electrons. The van der Waals surface area contributed by atoms with Crippen LogP contribution in [0.5, 0.6) is 11.8 Å². The van der Waals surface area contributed by atoms with Gasteiger partial charge in [0.25, 0.3) is 26.1 Å². The molecule has 19 heteroatoms. The van der Waals surface area contributed by atoms with Crippen molar-refractivity contribution in [2.45, 2.75) is 82.1 Å². The van der Waals surface area contributed by atoms with Gasteiger partial charge >= 0.3 is 11.8 Å². The topological polar surface area (TPSA) is 229 Å². The van der Waals surface area contributed by atoms with Crippen LogP contribution in [-0.2, 0) is 47.2 Å². The molecule has 2 aliphatic rings. The Balaban J connectivity index is 1.36. The number of aromatic hydroxyl groups is 2. The van der Waals surface area contributed by atoms with E-state index in [4.69, 9.17) is 14.7 Å². The van der Waals surface area contributed by atoms with Gasteiger partial charge in [0.05, 0.1) is 40.8 Å². The quantitative estimate of drug-likeness (QED) is 0.0474. The summed E-state index contributed by atoms with van der Waals surface area (Å²) in [5.41, 5.74) is 2.73. The van der Waals surface area contributed by atoms with Gasteiger partial charge in [-0.1, -0.05) is 38.5 Å². The van der Waals surface area contributed by atoms with Gasteiger partial charge < -0.3 is 20.0 Å². The molecule has 1 amide bonds. The van der Waals surface area contributed by atoms with Crippen LogP contribution >= 0.6 is 0 Å². The number of unbranched alkanes of at least 4 members (excludes halogenated alkanes) is 2. The number of carbonyl (C=O) groups is 2. The third-order valence-corrected chi connectivity index (χ3v) is 12.1. The maximum atomic E-state index is 13.1. The van der Waals surface area contributed by atoms with Gasteiger partial charge in [-0.3, -0.25) is 18.7 Å². The molecule has 4 heterocycles. The molecule has 0 spiro atoms. The molecule has 0 radical (unpaired) electrons. The van der Waals surface area contributed by atoms with Crippen molar-refractivity contribution in [3.63, 3.8) is 0 Å². The molecule has 17 nitrogen and oxygen atoms in total. The van der Waals surface area contributed by atoms with E-state index < -0.39 is 60.5 Å². The molecule has 2 aliphatic heterocycles. The number of carbonyl (C=O) groups excluding carboxylic acids is 2. The van der Waals surface area contributed by atoms with Gasteiger partial charge in [0.2, 0.25) is 11.8 Å². The lowest BCUT2D eigenvalue weighted by Crippen LogP contribution is -2.38. The van der Waals surface area contributed by atoms with E-state index in [0.29, 0.717) is 53.2 Å². The van der Waals surface area contributed by atoms with Crippen molar-refractivity contribution < 1.29 is 60.0 Å². The zero-order valence-electron chi connectivity index (χ0n) is 33.7. The van der Waals surface area contributed by atoms with Gasteiger partial charge in [0, 0.05) is 55.4 Å². The van der Waals surface area contributed by atoms with E-state index >= 15 is 0 Å². The van der Waals surface area contributed by atoms with E-state index in [1.165, 1.54) is 38.4 Å². The SMILES string of the molecule is CON(C)C(=O)c1cc2c([n+](CCCS(=O)(=O)O)c1)N=C(C=CC=CC=C1N(CCCCCC(=O)On3c(O)ccc3O)c3ccc(S(=O)(=O)O)cc3C1(C)C)C2(C)C. The monoisotopic (exact) mass is 856 g/mol. The Morgan fingerprint density at radius 3 is 2.24 bits per heavy atom. The molecular weight excluding hydrogens is 807 g/mol. The average molecular weight is 857 g/mol. The van der Waals surface area contributed by atoms with Gasteiger partial charge in [-0.25, -0.2) is 14.4 Å². The standard InChI is InChI=1S/C40H49N5O12S2/c1-39(2)30-24-27(38(49)42(5)56-6)26-43(21-13-23-58(50,51)52)37(30)41-32(39)14-9-7-10-15-33-40(3,4)29-25-28(59(53,54)55)17-18-31(29)44(33)22-12-8-11-16-36(48)57-45-34(46)19-20-35(45)47/h7,9-10,14-15,17-20,24-26H,8,11-13,16,21-23H2,1-6H3,(H3-,46,47,50,51,52,53,54,55)/p+1. The molecule has 1 aromatic carbocycles. The number of rotatable bonds is 17. The Morgan fingerprint density at radius 1 is 0.898 bits per heavy atom. The number of anilines is 1. The summed E-state index contributed by atoms with van der Waals surface area (Å²) in [6.45, 7) is 8.52. The zero-order valence-corrected chi connectivity index (χ0v) is 35.3. The highest BCUT2D eigenvalue weighted by Gasteiger charge is 2.43. The Kier molecular flexibility index (Phi) is 13.3. The number of fused-ring (bicyclic) bond motifs is 2. The Labute approximate surface area is 343 Å². The number of benzene rings is 1. The maximum Gasteiger partial charge on any atom is 0.333 e. The molecule has 2 aromatic heterocycles. The number of hydrogen-bond acceptors (Lipinski definition) is 12. The Morgan fingerprint density at radius 2 is 1.59 bits per heavy atom. The number of pyridine rings is 1. The summed E-state index contributed by atoms with van der Waals surface area (Å²) in [4.78, 5) is 42.3. The number of allylic oxidation sites excluding steroid dienone is 6. The predicted octanol–water partition coefficient (Wildman–Crippen LogP) is 4.72. The number of aromatic nitrogens is 2. The number of aryl methyl sites for hydroxylation is 1. The van der Waals surface area contributed by atoms with E-state index in [0.717, 1.165) is 22.0 Å². The minimum Gasteiger partial charge on any atom is -0.492 e. The van der Waals surface area contributed by atoms with Crippen LogP contribution in [0.1, 0.15) is 81.3 Å². The van der Waals surface area contributed by atoms with E-state index in [1.807, 2.05) is 58.1 Å². The summed E-state index contributed by atoms with van der Waals surface area (Å²) in [6, 6.07) is 8.63. The van der Waals surface area contributed by atoms with Gasteiger partial charge in [0.15, 0.2) is 5.71 Å². The van der Waals surface area contributed by atoms with Crippen molar-refractivity contribution >= 4 is 49.3 Å². The molecule has 0 saturated heterocycles. The number of nitrogens with zero attached hydrogens (tertiary/aromatic N) is 5. The first kappa shape index (κ1) is 44.8. The van der Waals surface area contributed by atoms with Crippen LogP contribution in [0.15, 0.2) is 88.6 Å². The van der Waals surface area contributed by atoms with Crippen LogP contribution in [0.3, 0.4) is 0 Å². The van der Waals surface area contributed by atoms with Crippen LogP contribution < -0.4 is 14.3 Å². The highest BCUT2D eigenvalue weighted by molar-refractivity contribution is 7.86. The van der Waals surface area contributed by atoms with E-state index in [9.17, 15) is 45.7 Å². The molecule has 3 aromatic rings. The fourth-order valence-electron chi connectivity index (χ4n) is 7.10. The van der Waals surface area contributed by atoms with Crippen molar-refractivity contribution in [1.82, 2.24) is 9.79 Å². The van der Waals surface area contributed by atoms with Gasteiger partial charge in [0.1, 0.15) is 6.20 Å². The fraction of sp³-hybridized carbons (Fsp3) is 0.400. The zero-order chi connectivity index (χ0) is 43.5. The second kappa shape index (κ2) is 17.5. The van der Waals surface area contributed by atoms with E-state index in [2.05, 4.69) is 4.90 Å². The molecule has 4 N–H and O–H groups in total. The van der Waals surface area contributed by atoms with Crippen LogP contribution in [0.4, 0.5) is 11.5 Å². The summed E-state index contributed by atoms with van der Waals surface area (Å²) >= 11 is 0. The first-order chi connectivity index (χ1) is 27.6. The smallest absolute Gasteiger partial charge is 0.333 e. The summed E-state index contributed by atoms with van der Waals surface area (Å²) in [5.74, 6) is -1.76. The number of amides is 1. The van der Waals surface area contributed by atoms with E-state index in [1.54, 1.807) is 22.9 Å². The van der Waals surface area contributed by atoms with Crippen LogP contribution in [0.25, 0.3) is 0 Å². The molecule has 0 saturated carbocycles. The largest absolute Gasteiger partial charge is 0.492 e. The van der Waals surface area contributed by atoms with Crippen LogP contribution in [-0.4, -0.2) is 90.0 Å². The van der Waals surface area contributed by atoms with Gasteiger partial charge in [-0.05, 0) is 73.7 Å². The lowest BCUT2D eigenvalue weighted by atomic mass is 9.81. The van der Waals surface area contributed by atoms with Crippen LogP contribution in [0, 0.1) is 0 Å². The fourth-order valence-corrected chi connectivity index (χ4v) is 8.11. The van der Waals surface area contributed by atoms with Crippen molar-refractivity contribution in [2.24, 2.45) is 4.99 Å². The maximum absolute atomic E-state index is 13.1. The Bertz CT molecular complexity index is 2450. The second-order valence-electron chi connectivity index (χ2n) is 15.3. The average Bonchev–Trinajstić information content (AvgIpc) is 3.69. The molecule has 59 heavy (non-hydrogen) atoms. The molecule has 0 bridgehead atoms. The number of aliphatic imine (C=N–C) groups is 1. The lowest BCUT2D eigenvalue weighted by Gasteiger charge is -2.27. The third-order valence-electron chi connectivity index (χ3n) is 10.4. The minimum atomic E-state index is -4.46. The summed E-state index contributed by atoms with van der Waals surface area (Å²) in [7, 11) is -5.81. The van der Waals surface area contributed by atoms with Crippen molar-refractivity contribution in [3.8, 4) is 11.8 Å². The highest BCUT2D eigenvalue weighted by atomic mass is 32.2. The molecular formula is C40H50N5O12S2+. The Hall–Kier alpha value is -5.34. The third kappa shape index (κ3) is 10.1. The van der Waals surface area contributed by atoms with Crippen molar-refractivity contribution in [2.75, 3.05) is 31.4 Å². The molecule has 0 fully saturated rings. The van der Waals surface area contributed by atoms with Crippen LogP contribution in [0.2, 0.25) is 0 Å². The van der Waals surface area contributed by atoms with E-state index in [-0.39, 0.29) is 24.3 Å². The minimum absolute atomic E-state index is 0.0420. The lowest BCUT2D eigenvalue weighted by molar-refractivity contribution is -0.684. The number of hydrogen-bond donors (Lipinski definition) is 4. The first-order valence-corrected chi connectivity index (χ1v) is 21.8.